The summed E-state index contributed by atoms with van der Waals surface area (Å²) in [5.41, 5.74) is 2.91. The highest BCUT2D eigenvalue weighted by Gasteiger charge is 2.16. The van der Waals surface area contributed by atoms with E-state index in [0.717, 1.165) is 0 Å². The van der Waals surface area contributed by atoms with Gasteiger partial charge in [-0.1, -0.05) is 23.2 Å². The van der Waals surface area contributed by atoms with Gasteiger partial charge in [-0.25, -0.2) is 19.3 Å². The van der Waals surface area contributed by atoms with Crippen LogP contribution in [0, 0.1) is 5.82 Å². The van der Waals surface area contributed by atoms with Crippen LogP contribution >= 0.6 is 23.2 Å². The zero-order chi connectivity index (χ0) is 18.7. The molecule has 2 amide bonds. The fourth-order valence-corrected chi connectivity index (χ4v) is 2.95. The van der Waals surface area contributed by atoms with Gasteiger partial charge in [0.05, 0.1) is 22.9 Å². The predicted molar refractivity (Wildman–Crippen MR) is 93.9 cm³/mol. The molecule has 0 saturated carbocycles. The molecule has 0 saturated heterocycles. The molecule has 0 atom stereocenters. The van der Waals surface area contributed by atoms with Crippen molar-refractivity contribution in [1.29, 1.82) is 0 Å². The average molecular weight is 396 g/mol. The van der Waals surface area contributed by atoms with Crippen molar-refractivity contribution in [3.63, 3.8) is 0 Å². The maximum Gasteiger partial charge on any atom is 0.338 e. The van der Waals surface area contributed by atoms with Gasteiger partial charge in [-0.05, 0) is 24.3 Å². The summed E-state index contributed by atoms with van der Waals surface area (Å²) >= 11 is 12.4. The molecule has 3 N–H and O–H groups in total. The van der Waals surface area contributed by atoms with Gasteiger partial charge < -0.3 is 5.32 Å². The van der Waals surface area contributed by atoms with E-state index in [0.29, 0.717) is 26.9 Å². The Morgan fingerprint density at radius 1 is 1.31 bits per heavy atom. The first kappa shape index (κ1) is 18.1. The number of hydrogen-bond donors (Lipinski definition) is 3. The van der Waals surface area contributed by atoms with Gasteiger partial charge in [0, 0.05) is 34.7 Å². The number of carbonyl (C=O) groups excluding carboxylic acids is 1. The first-order valence-electron chi connectivity index (χ1n) is 7.31. The maximum absolute atomic E-state index is 14.4. The normalized spacial score (nSPS) is 10.6. The molecule has 134 valence electrons. The number of hydrogen-bond acceptors (Lipinski definition) is 4. The Bertz CT molecular complexity index is 950. The fraction of sp³-hybridized carbons (Fsp3) is 0.0625. The van der Waals surface area contributed by atoms with Gasteiger partial charge in [-0.2, -0.15) is 5.10 Å². The Kier molecular flexibility index (Phi) is 5.36. The number of nitrogens with one attached hydrogen (secondary N) is 2. The van der Waals surface area contributed by atoms with Gasteiger partial charge in [-0.3, -0.25) is 10.2 Å². The van der Waals surface area contributed by atoms with Crippen molar-refractivity contribution >= 4 is 29.2 Å². The fourth-order valence-electron chi connectivity index (χ4n) is 2.37. The number of pyridine rings is 1. The molecule has 10 heteroatoms. The predicted octanol–water partition coefficient (Wildman–Crippen LogP) is 3.57. The van der Waals surface area contributed by atoms with E-state index in [1.165, 1.54) is 17.7 Å². The Labute approximate surface area is 157 Å². The smallest absolute Gasteiger partial charge is 0.331 e. The SMILES string of the molecule is O=C(NO)NCc1ncc(-c2cc(Cl)cc(Cl)c2-n2cccn2)cc1F. The lowest BCUT2D eigenvalue weighted by atomic mass is 10.0. The molecule has 3 rings (SSSR count). The second kappa shape index (κ2) is 7.69. The topological polar surface area (TPSA) is 92.1 Å². The highest BCUT2D eigenvalue weighted by molar-refractivity contribution is 6.36. The quantitative estimate of drug-likeness (QED) is 0.465. The minimum absolute atomic E-state index is 0.00566. The molecule has 7 nitrogen and oxygen atoms in total. The molecular weight excluding hydrogens is 384 g/mol. The van der Waals surface area contributed by atoms with Crippen LogP contribution in [0.15, 0.2) is 42.9 Å². The highest BCUT2D eigenvalue weighted by Crippen LogP contribution is 2.35. The van der Waals surface area contributed by atoms with Crippen LogP contribution < -0.4 is 10.8 Å². The summed E-state index contributed by atoms with van der Waals surface area (Å²) in [5, 5.41) is 15.6. The van der Waals surface area contributed by atoms with Crippen LogP contribution in [-0.4, -0.2) is 26.0 Å². The number of amides is 2. The third-order valence-electron chi connectivity index (χ3n) is 3.51. The lowest BCUT2D eigenvalue weighted by molar-refractivity contribution is 0.161. The summed E-state index contributed by atoms with van der Waals surface area (Å²) in [4.78, 5) is 15.0. The van der Waals surface area contributed by atoms with Crippen LogP contribution in [0.1, 0.15) is 5.69 Å². The highest BCUT2D eigenvalue weighted by atomic mass is 35.5. The number of hydroxylamine groups is 1. The summed E-state index contributed by atoms with van der Waals surface area (Å²) in [6, 6.07) is 5.33. The molecule has 0 aliphatic carbocycles. The number of aromatic nitrogens is 3. The van der Waals surface area contributed by atoms with E-state index in [2.05, 4.69) is 15.4 Å². The van der Waals surface area contributed by atoms with Crippen LogP contribution in [0.4, 0.5) is 9.18 Å². The molecule has 0 fully saturated rings. The summed E-state index contributed by atoms with van der Waals surface area (Å²) in [6.07, 6.45) is 4.73. The minimum atomic E-state index is -0.863. The molecular formula is C16H12Cl2FN5O2. The van der Waals surface area contributed by atoms with Crippen LogP contribution in [-0.2, 0) is 6.54 Å². The van der Waals surface area contributed by atoms with Gasteiger partial charge in [0.2, 0.25) is 0 Å². The maximum atomic E-state index is 14.4. The molecule has 26 heavy (non-hydrogen) atoms. The van der Waals surface area contributed by atoms with Crippen molar-refractivity contribution in [2.75, 3.05) is 0 Å². The van der Waals surface area contributed by atoms with E-state index < -0.39 is 11.8 Å². The second-order valence-corrected chi connectivity index (χ2v) is 6.03. The molecule has 3 aromatic rings. The number of halogens is 3. The lowest BCUT2D eigenvalue weighted by Gasteiger charge is -2.13. The third kappa shape index (κ3) is 3.77. The summed E-state index contributed by atoms with van der Waals surface area (Å²) in [6.45, 7) is -0.194. The molecule has 0 aliphatic heterocycles. The number of rotatable bonds is 4. The molecule has 2 aromatic heterocycles. The number of urea groups is 1. The largest absolute Gasteiger partial charge is 0.338 e. The first-order chi connectivity index (χ1) is 12.5. The van der Waals surface area contributed by atoms with Crippen molar-refractivity contribution in [2.24, 2.45) is 0 Å². The van der Waals surface area contributed by atoms with Crippen molar-refractivity contribution in [3.8, 4) is 16.8 Å². The Morgan fingerprint density at radius 2 is 2.12 bits per heavy atom. The Hall–Kier alpha value is -2.68. The zero-order valence-electron chi connectivity index (χ0n) is 13.1. The van der Waals surface area contributed by atoms with Gasteiger partial charge in [-0.15, -0.1) is 0 Å². The van der Waals surface area contributed by atoms with Crippen molar-refractivity contribution in [3.05, 3.63) is 64.4 Å². The van der Waals surface area contributed by atoms with Gasteiger partial charge in [0.1, 0.15) is 5.82 Å². The molecule has 0 radical (unpaired) electrons. The third-order valence-corrected chi connectivity index (χ3v) is 4.01. The van der Waals surface area contributed by atoms with E-state index in [9.17, 15) is 9.18 Å². The zero-order valence-corrected chi connectivity index (χ0v) is 14.6. The minimum Gasteiger partial charge on any atom is -0.331 e. The number of nitrogens with zero attached hydrogens (tertiary/aromatic N) is 3. The first-order valence-corrected chi connectivity index (χ1v) is 8.07. The Balaban J connectivity index is 2.02. The van der Waals surface area contributed by atoms with E-state index in [1.54, 1.807) is 35.3 Å². The van der Waals surface area contributed by atoms with Crippen LogP contribution in [0.25, 0.3) is 16.8 Å². The van der Waals surface area contributed by atoms with Crippen molar-refractivity contribution < 1.29 is 14.4 Å². The molecule has 2 heterocycles. The molecule has 0 unspecified atom stereocenters. The van der Waals surface area contributed by atoms with Gasteiger partial charge >= 0.3 is 6.03 Å². The van der Waals surface area contributed by atoms with Crippen molar-refractivity contribution in [2.45, 2.75) is 6.54 Å². The van der Waals surface area contributed by atoms with Crippen LogP contribution in [0.5, 0.6) is 0 Å². The average Bonchev–Trinajstić information content (AvgIpc) is 3.13. The molecule has 1 aromatic carbocycles. The van der Waals surface area contributed by atoms with Crippen LogP contribution in [0.2, 0.25) is 10.0 Å². The van der Waals surface area contributed by atoms with Gasteiger partial charge in [0.15, 0.2) is 0 Å². The molecule has 0 spiro atoms. The summed E-state index contributed by atoms with van der Waals surface area (Å²) in [5.74, 6) is -0.636. The number of carbonyl (C=O) groups is 1. The monoisotopic (exact) mass is 395 g/mol. The number of benzene rings is 1. The van der Waals surface area contributed by atoms with E-state index >= 15 is 0 Å². The van der Waals surface area contributed by atoms with Gasteiger partial charge in [0.25, 0.3) is 0 Å². The second-order valence-electron chi connectivity index (χ2n) is 5.18. The standard InChI is InChI=1S/C16H12Cl2FN5O2/c17-10-5-11(15(12(18)6-10)24-3-1-2-22-24)9-4-13(19)14(20-7-9)8-21-16(25)23-26/h1-7,26H,8H2,(H2,21,23,25). The summed E-state index contributed by atoms with van der Waals surface area (Å²) < 4.78 is 15.9. The van der Waals surface area contributed by atoms with E-state index in [-0.39, 0.29) is 12.2 Å². The molecule has 0 bridgehead atoms. The van der Waals surface area contributed by atoms with E-state index in [4.69, 9.17) is 28.4 Å². The van der Waals surface area contributed by atoms with Crippen molar-refractivity contribution in [1.82, 2.24) is 25.6 Å². The molecule has 0 aliphatic rings. The Morgan fingerprint density at radius 3 is 2.77 bits per heavy atom. The van der Waals surface area contributed by atoms with E-state index in [1.807, 2.05) is 0 Å². The lowest BCUT2D eigenvalue weighted by Crippen LogP contribution is -2.33. The van der Waals surface area contributed by atoms with Crippen LogP contribution in [0.3, 0.4) is 0 Å². The summed E-state index contributed by atoms with van der Waals surface area (Å²) in [7, 11) is 0.